The van der Waals surface area contributed by atoms with Crippen molar-refractivity contribution in [3.05, 3.63) is 4.91 Å². The molecule has 0 radical (unpaired) electrons. The molecular formula is C7H16N2O4. The molecule has 0 saturated heterocycles. The fraction of sp³-hybridized carbons (Fsp3) is 0.857. The highest BCUT2D eigenvalue weighted by atomic mass is 16.6. The molecule has 0 aromatic heterocycles. The number of carbonyl (C=O) groups is 1. The van der Waals surface area contributed by atoms with Crippen LogP contribution in [-0.2, 0) is 4.79 Å². The van der Waals surface area contributed by atoms with Gasteiger partial charge in [-0.2, -0.15) is 0 Å². The number of nitrogens with zero attached hydrogens (tertiary/aromatic N) is 1. The quantitative estimate of drug-likeness (QED) is 0.456. The lowest BCUT2D eigenvalue weighted by molar-refractivity contribution is -0.142. The van der Waals surface area contributed by atoms with Crippen LogP contribution in [0.15, 0.2) is 5.34 Å². The molecule has 0 saturated carbocycles. The van der Waals surface area contributed by atoms with Gasteiger partial charge < -0.3 is 16.0 Å². The van der Waals surface area contributed by atoms with Gasteiger partial charge in [-0.3, -0.25) is 4.79 Å². The van der Waals surface area contributed by atoms with Gasteiger partial charge in [-0.1, -0.05) is 19.8 Å². The zero-order valence-electron chi connectivity index (χ0n) is 7.86. The second kappa shape index (κ2) is 7.48. The van der Waals surface area contributed by atoms with E-state index in [2.05, 4.69) is 0 Å². The molecule has 1 unspecified atom stereocenters. The molecule has 0 aliphatic carbocycles. The molecule has 6 heteroatoms. The van der Waals surface area contributed by atoms with Crippen molar-refractivity contribution in [2.24, 2.45) is 11.1 Å². The molecular weight excluding hydrogens is 176 g/mol. The van der Waals surface area contributed by atoms with E-state index in [0.717, 1.165) is 12.8 Å². The Bertz CT molecular complexity index is 159. The minimum atomic E-state index is -1.03. The Kier molecular flexibility index (Phi) is 8.26. The molecule has 0 aromatic rings. The van der Waals surface area contributed by atoms with Crippen LogP contribution in [0.3, 0.4) is 0 Å². The summed E-state index contributed by atoms with van der Waals surface area (Å²) >= 11 is 0. The van der Waals surface area contributed by atoms with Crippen molar-refractivity contribution in [1.82, 2.24) is 0 Å². The molecule has 0 amide bonds. The van der Waals surface area contributed by atoms with Gasteiger partial charge >= 0.3 is 5.97 Å². The molecule has 0 fully saturated rings. The van der Waals surface area contributed by atoms with Crippen LogP contribution in [0.4, 0.5) is 0 Å². The van der Waals surface area contributed by atoms with Gasteiger partial charge in [0.2, 0.25) is 0 Å². The fourth-order valence-electron chi connectivity index (χ4n) is 0.651. The van der Waals surface area contributed by atoms with E-state index in [-0.39, 0.29) is 0 Å². The largest absolute Gasteiger partial charge is 0.480 e. The summed E-state index contributed by atoms with van der Waals surface area (Å²) in [5, 5.41) is 16.4. The Hall–Kier alpha value is -1.17. The third-order valence-electron chi connectivity index (χ3n) is 1.54. The van der Waals surface area contributed by atoms with Crippen molar-refractivity contribution in [1.29, 1.82) is 0 Å². The molecule has 4 N–H and O–H groups in total. The first-order valence-corrected chi connectivity index (χ1v) is 3.91. The summed E-state index contributed by atoms with van der Waals surface area (Å²) in [5.74, 6) is -0.916. The van der Waals surface area contributed by atoms with E-state index in [1.165, 1.54) is 5.34 Å². The van der Waals surface area contributed by atoms with Crippen LogP contribution < -0.4 is 5.73 Å². The number of hydrogen-bond donors (Lipinski definition) is 3. The van der Waals surface area contributed by atoms with E-state index in [0.29, 0.717) is 6.42 Å². The summed E-state index contributed by atoms with van der Waals surface area (Å²) in [6, 6.07) is 0. The molecule has 6 nitrogen and oxygen atoms in total. The molecule has 1 atom stereocenters. The topological polar surface area (TPSA) is 113 Å². The van der Waals surface area contributed by atoms with Gasteiger partial charge in [-0.15, -0.1) is 4.91 Å². The van der Waals surface area contributed by atoms with Crippen molar-refractivity contribution in [3.8, 4) is 0 Å². The van der Waals surface area contributed by atoms with Gasteiger partial charge in [0, 0.05) is 0 Å². The number of aliphatic carboxylic acids is 1. The number of rotatable bonds is 4. The monoisotopic (exact) mass is 192 g/mol. The van der Waals surface area contributed by atoms with E-state index in [4.69, 9.17) is 21.0 Å². The lowest BCUT2D eigenvalue weighted by Gasteiger charge is -2.17. The molecule has 13 heavy (non-hydrogen) atoms. The molecule has 0 bridgehead atoms. The Morgan fingerprint density at radius 1 is 1.62 bits per heavy atom. The second-order valence-electron chi connectivity index (χ2n) is 2.91. The predicted molar refractivity (Wildman–Crippen MR) is 47.3 cm³/mol. The highest BCUT2D eigenvalue weighted by molar-refractivity contribution is 5.77. The highest BCUT2D eigenvalue weighted by Crippen LogP contribution is 2.09. The summed E-state index contributed by atoms with van der Waals surface area (Å²) in [6.45, 7) is 3.56. The summed E-state index contributed by atoms with van der Waals surface area (Å²) in [6.07, 6.45) is 2.41. The average molecular weight is 192 g/mol. The summed E-state index contributed by atoms with van der Waals surface area (Å²) in [5.41, 5.74) is 4.41. The van der Waals surface area contributed by atoms with Gasteiger partial charge in [0.05, 0.1) is 0 Å². The van der Waals surface area contributed by atoms with Crippen molar-refractivity contribution >= 4 is 5.97 Å². The number of unbranched alkanes of at least 4 members (excludes halogenated alkanes) is 1. The third kappa shape index (κ3) is 8.74. The zero-order chi connectivity index (χ0) is 10.9. The summed E-state index contributed by atoms with van der Waals surface area (Å²) < 4.78 is 0. The third-order valence-corrected chi connectivity index (χ3v) is 1.54. The van der Waals surface area contributed by atoms with Crippen LogP contribution in [0.25, 0.3) is 0 Å². The Labute approximate surface area is 76.7 Å². The molecule has 0 spiro atoms. The number of hydrogen-bond acceptors (Lipinski definition) is 4. The SMILES string of the molecule is CCCCC(C)(N)C(=O)O.O=NO. The lowest BCUT2D eigenvalue weighted by Crippen LogP contribution is -2.44. The van der Waals surface area contributed by atoms with E-state index in [1.54, 1.807) is 6.92 Å². The van der Waals surface area contributed by atoms with Crippen molar-refractivity contribution in [2.45, 2.75) is 38.6 Å². The molecule has 78 valence electrons. The van der Waals surface area contributed by atoms with Crippen molar-refractivity contribution in [2.75, 3.05) is 0 Å². The Balaban J connectivity index is 0. The first kappa shape index (κ1) is 14.4. The summed E-state index contributed by atoms with van der Waals surface area (Å²) in [7, 11) is 0. The van der Waals surface area contributed by atoms with Gasteiger partial charge in [0.1, 0.15) is 5.54 Å². The van der Waals surface area contributed by atoms with Crippen LogP contribution in [0.1, 0.15) is 33.1 Å². The van der Waals surface area contributed by atoms with E-state index < -0.39 is 11.5 Å². The first-order valence-electron chi connectivity index (χ1n) is 3.91. The van der Waals surface area contributed by atoms with Crippen LogP contribution in [-0.4, -0.2) is 21.8 Å². The summed E-state index contributed by atoms with van der Waals surface area (Å²) in [4.78, 5) is 18.5. The molecule has 0 aliphatic rings. The number of carboxylic acid groups (broad SMARTS) is 1. The average Bonchev–Trinajstić information content (AvgIpc) is 2.02. The van der Waals surface area contributed by atoms with E-state index in [1.807, 2.05) is 6.92 Å². The smallest absolute Gasteiger partial charge is 0.323 e. The maximum Gasteiger partial charge on any atom is 0.323 e. The van der Waals surface area contributed by atoms with Crippen LogP contribution in [0, 0.1) is 4.91 Å². The maximum atomic E-state index is 10.4. The van der Waals surface area contributed by atoms with E-state index in [9.17, 15) is 4.79 Å². The van der Waals surface area contributed by atoms with Gasteiger partial charge in [-0.25, -0.2) is 0 Å². The van der Waals surface area contributed by atoms with Gasteiger partial charge in [0.25, 0.3) is 0 Å². The Morgan fingerprint density at radius 2 is 2.00 bits per heavy atom. The van der Waals surface area contributed by atoms with Gasteiger partial charge in [0.15, 0.2) is 5.34 Å². The first-order chi connectivity index (χ1) is 5.92. The standard InChI is InChI=1S/C7H15NO2.HNO2/c1-3-4-5-7(2,8)6(9)10;2-1-3/h3-5,8H2,1-2H3,(H,9,10);(H,2,3). The maximum absolute atomic E-state index is 10.4. The normalized spacial score (nSPS) is 13.5. The number of carboxylic acids is 1. The molecule has 0 aliphatic heterocycles. The van der Waals surface area contributed by atoms with Crippen molar-refractivity contribution in [3.63, 3.8) is 0 Å². The van der Waals surface area contributed by atoms with Gasteiger partial charge in [-0.05, 0) is 13.3 Å². The van der Waals surface area contributed by atoms with Crippen LogP contribution >= 0.6 is 0 Å². The highest BCUT2D eigenvalue weighted by Gasteiger charge is 2.26. The fourth-order valence-corrected chi connectivity index (χ4v) is 0.651. The second-order valence-corrected chi connectivity index (χ2v) is 2.91. The minimum Gasteiger partial charge on any atom is -0.480 e. The zero-order valence-corrected chi connectivity index (χ0v) is 7.86. The number of nitrogens with two attached hydrogens (primary N) is 1. The minimum absolute atomic E-state index is 0.554. The molecule has 0 rings (SSSR count). The molecule has 0 heterocycles. The van der Waals surface area contributed by atoms with Crippen LogP contribution in [0.2, 0.25) is 0 Å². The Morgan fingerprint density at radius 3 is 2.23 bits per heavy atom. The lowest BCUT2D eigenvalue weighted by atomic mass is 9.97. The van der Waals surface area contributed by atoms with Crippen molar-refractivity contribution < 1.29 is 15.1 Å². The van der Waals surface area contributed by atoms with Crippen LogP contribution in [0.5, 0.6) is 0 Å². The van der Waals surface area contributed by atoms with E-state index >= 15 is 0 Å². The predicted octanol–water partition coefficient (Wildman–Crippen LogP) is 1.12. The molecule has 0 aromatic carbocycles.